The van der Waals surface area contributed by atoms with Gasteiger partial charge in [-0.1, -0.05) is 71.1 Å². The predicted octanol–water partition coefficient (Wildman–Crippen LogP) is 5.99. The molecule has 1 aliphatic carbocycles. The van der Waals surface area contributed by atoms with Crippen molar-refractivity contribution in [2.45, 2.75) is 103 Å². The number of amides is 1. The van der Waals surface area contributed by atoms with Gasteiger partial charge in [-0.05, 0) is 44.1 Å². The predicted molar refractivity (Wildman–Crippen MR) is 125 cm³/mol. The van der Waals surface area contributed by atoms with E-state index in [9.17, 15) is 4.79 Å². The van der Waals surface area contributed by atoms with Gasteiger partial charge in [0.25, 0.3) is 5.91 Å². The Morgan fingerprint density at radius 1 is 0.968 bits per heavy atom. The molecular formula is C26H40N4O. The summed E-state index contributed by atoms with van der Waals surface area (Å²) in [6.45, 7) is 3.97. The number of nitrogens with zero attached hydrogens (tertiary/aromatic N) is 4. The lowest BCUT2D eigenvalue weighted by Crippen LogP contribution is -2.32. The van der Waals surface area contributed by atoms with Gasteiger partial charge in [0.15, 0.2) is 11.3 Å². The number of carbonyl (C=O) groups excluding carboxylic acids is 1. The van der Waals surface area contributed by atoms with E-state index in [2.05, 4.69) is 13.0 Å². The standard InChI is InChI=1S/C26H40N4O/c1-2-3-4-10-15-23-19-22(18-21-13-8-7-9-14-21)27-25-20-24(28-30(23)25)26(31)29-16-11-5-6-12-17-29/h19-21H,2-18H2,1H3. The summed E-state index contributed by atoms with van der Waals surface area (Å²) in [5.41, 5.74) is 3.84. The van der Waals surface area contributed by atoms with Gasteiger partial charge in [0.05, 0.1) is 0 Å². The zero-order valence-electron chi connectivity index (χ0n) is 19.4. The van der Waals surface area contributed by atoms with Crippen LogP contribution in [0, 0.1) is 5.92 Å². The van der Waals surface area contributed by atoms with E-state index in [0.717, 1.165) is 50.3 Å². The molecule has 0 atom stereocenters. The smallest absolute Gasteiger partial charge is 0.274 e. The van der Waals surface area contributed by atoms with Crippen LogP contribution in [-0.2, 0) is 12.8 Å². The summed E-state index contributed by atoms with van der Waals surface area (Å²) in [5, 5.41) is 4.77. The van der Waals surface area contributed by atoms with Crippen molar-refractivity contribution in [1.29, 1.82) is 0 Å². The second-order valence-electron chi connectivity index (χ2n) is 9.76. The summed E-state index contributed by atoms with van der Waals surface area (Å²) in [7, 11) is 0. The van der Waals surface area contributed by atoms with Crippen molar-refractivity contribution in [1.82, 2.24) is 19.5 Å². The van der Waals surface area contributed by atoms with E-state index in [1.807, 2.05) is 15.5 Å². The van der Waals surface area contributed by atoms with E-state index in [4.69, 9.17) is 10.1 Å². The minimum absolute atomic E-state index is 0.0816. The van der Waals surface area contributed by atoms with Crippen molar-refractivity contribution < 1.29 is 4.79 Å². The summed E-state index contributed by atoms with van der Waals surface area (Å²) in [4.78, 5) is 20.1. The van der Waals surface area contributed by atoms with Crippen LogP contribution >= 0.6 is 0 Å². The summed E-state index contributed by atoms with van der Waals surface area (Å²) in [6, 6.07) is 4.22. The summed E-state index contributed by atoms with van der Waals surface area (Å²) < 4.78 is 1.96. The third-order valence-corrected chi connectivity index (χ3v) is 7.18. The minimum Gasteiger partial charge on any atom is -0.337 e. The highest BCUT2D eigenvalue weighted by atomic mass is 16.2. The molecule has 2 aromatic heterocycles. The number of likely N-dealkylation sites (tertiary alicyclic amines) is 1. The van der Waals surface area contributed by atoms with Crippen LogP contribution in [0.25, 0.3) is 5.65 Å². The fourth-order valence-electron chi connectivity index (χ4n) is 5.34. The fourth-order valence-corrected chi connectivity index (χ4v) is 5.34. The first-order valence-electron chi connectivity index (χ1n) is 12.9. The quantitative estimate of drug-likeness (QED) is 0.489. The zero-order chi connectivity index (χ0) is 21.5. The van der Waals surface area contributed by atoms with E-state index in [1.165, 1.54) is 82.0 Å². The Labute approximate surface area is 187 Å². The van der Waals surface area contributed by atoms with Crippen LogP contribution in [0.4, 0.5) is 0 Å². The molecule has 0 unspecified atom stereocenters. The first-order valence-corrected chi connectivity index (χ1v) is 12.9. The number of aromatic nitrogens is 3. The Morgan fingerprint density at radius 3 is 2.45 bits per heavy atom. The topological polar surface area (TPSA) is 50.5 Å². The van der Waals surface area contributed by atoms with E-state index in [0.29, 0.717) is 5.69 Å². The number of unbranched alkanes of at least 4 members (excludes halogenated alkanes) is 3. The molecule has 2 aliphatic rings. The maximum absolute atomic E-state index is 13.2. The third-order valence-electron chi connectivity index (χ3n) is 7.18. The Morgan fingerprint density at radius 2 is 1.71 bits per heavy atom. The van der Waals surface area contributed by atoms with E-state index >= 15 is 0 Å². The molecule has 1 saturated heterocycles. The van der Waals surface area contributed by atoms with Gasteiger partial charge in [0.1, 0.15) is 0 Å². The largest absolute Gasteiger partial charge is 0.337 e. The normalized spacial score (nSPS) is 18.4. The van der Waals surface area contributed by atoms with Crippen molar-refractivity contribution in [3.8, 4) is 0 Å². The molecule has 0 spiro atoms. The third kappa shape index (κ3) is 5.87. The van der Waals surface area contributed by atoms with Crippen molar-refractivity contribution in [2.24, 2.45) is 5.92 Å². The van der Waals surface area contributed by atoms with Crippen LogP contribution in [0.3, 0.4) is 0 Å². The second-order valence-corrected chi connectivity index (χ2v) is 9.76. The highest BCUT2D eigenvalue weighted by molar-refractivity contribution is 5.93. The molecule has 31 heavy (non-hydrogen) atoms. The number of hydrogen-bond donors (Lipinski definition) is 0. The van der Waals surface area contributed by atoms with Gasteiger partial charge in [0.2, 0.25) is 0 Å². The monoisotopic (exact) mass is 424 g/mol. The number of rotatable bonds is 8. The molecule has 0 N–H and O–H groups in total. The van der Waals surface area contributed by atoms with Crippen LogP contribution in [0.2, 0.25) is 0 Å². The molecule has 1 saturated carbocycles. The molecular weight excluding hydrogens is 384 g/mol. The van der Waals surface area contributed by atoms with Gasteiger partial charge in [-0.2, -0.15) is 5.10 Å². The maximum atomic E-state index is 13.2. The molecule has 1 amide bonds. The van der Waals surface area contributed by atoms with Crippen molar-refractivity contribution >= 4 is 11.6 Å². The van der Waals surface area contributed by atoms with Crippen molar-refractivity contribution in [3.05, 3.63) is 29.2 Å². The van der Waals surface area contributed by atoms with E-state index in [-0.39, 0.29) is 5.91 Å². The molecule has 4 rings (SSSR count). The Kier molecular flexibility index (Phi) is 7.98. The summed E-state index contributed by atoms with van der Waals surface area (Å²) in [6.07, 6.45) is 18.4. The Bertz CT molecular complexity index is 844. The number of aryl methyl sites for hydroxylation is 1. The number of hydrogen-bond acceptors (Lipinski definition) is 3. The lowest BCUT2D eigenvalue weighted by Gasteiger charge is -2.21. The van der Waals surface area contributed by atoms with Crippen LogP contribution in [-0.4, -0.2) is 38.5 Å². The van der Waals surface area contributed by atoms with Gasteiger partial charge in [-0.25, -0.2) is 9.50 Å². The maximum Gasteiger partial charge on any atom is 0.274 e. The molecule has 5 nitrogen and oxygen atoms in total. The van der Waals surface area contributed by atoms with E-state index < -0.39 is 0 Å². The second kappa shape index (κ2) is 11.1. The highest BCUT2D eigenvalue weighted by Gasteiger charge is 2.22. The van der Waals surface area contributed by atoms with Gasteiger partial charge in [-0.15, -0.1) is 0 Å². The van der Waals surface area contributed by atoms with Crippen LogP contribution in [0.15, 0.2) is 12.1 Å². The molecule has 3 heterocycles. The zero-order valence-corrected chi connectivity index (χ0v) is 19.4. The molecule has 1 aliphatic heterocycles. The molecule has 0 bridgehead atoms. The van der Waals surface area contributed by atoms with Gasteiger partial charge < -0.3 is 4.90 Å². The van der Waals surface area contributed by atoms with Gasteiger partial charge >= 0.3 is 0 Å². The van der Waals surface area contributed by atoms with Crippen LogP contribution in [0.5, 0.6) is 0 Å². The Hall–Kier alpha value is -1.91. The first-order chi connectivity index (χ1) is 15.2. The molecule has 0 radical (unpaired) electrons. The van der Waals surface area contributed by atoms with Crippen molar-refractivity contribution in [3.63, 3.8) is 0 Å². The molecule has 2 aromatic rings. The lowest BCUT2D eigenvalue weighted by atomic mass is 9.86. The molecule has 5 heteroatoms. The average Bonchev–Trinajstić information content (AvgIpc) is 3.03. The first kappa shape index (κ1) is 22.3. The SMILES string of the molecule is CCCCCCc1cc(CC2CCCCC2)nc2cc(C(=O)N3CCCCCC3)nn12. The minimum atomic E-state index is 0.0816. The number of carbonyl (C=O) groups is 1. The average molecular weight is 425 g/mol. The molecule has 2 fully saturated rings. The Balaban J connectivity index is 1.58. The van der Waals surface area contributed by atoms with Crippen LogP contribution in [0.1, 0.15) is 112 Å². The number of fused-ring (bicyclic) bond motifs is 1. The molecule has 170 valence electrons. The highest BCUT2D eigenvalue weighted by Crippen LogP contribution is 2.27. The fraction of sp³-hybridized carbons (Fsp3) is 0.731. The summed E-state index contributed by atoms with van der Waals surface area (Å²) in [5.74, 6) is 0.843. The lowest BCUT2D eigenvalue weighted by molar-refractivity contribution is 0.0755. The van der Waals surface area contributed by atoms with Crippen molar-refractivity contribution in [2.75, 3.05) is 13.1 Å². The van der Waals surface area contributed by atoms with Gasteiger partial charge in [-0.3, -0.25) is 4.79 Å². The van der Waals surface area contributed by atoms with Gasteiger partial charge in [0, 0.05) is 30.5 Å². The van der Waals surface area contributed by atoms with Crippen LogP contribution < -0.4 is 0 Å². The summed E-state index contributed by atoms with van der Waals surface area (Å²) >= 11 is 0. The molecule has 0 aromatic carbocycles. The van der Waals surface area contributed by atoms with E-state index in [1.54, 1.807) is 0 Å².